The highest BCUT2D eigenvalue weighted by molar-refractivity contribution is 6.03. The van der Waals surface area contributed by atoms with Gasteiger partial charge in [0, 0.05) is 20.6 Å². The van der Waals surface area contributed by atoms with E-state index in [1.165, 1.54) is 14.1 Å². The Bertz CT molecular complexity index is 910. The van der Waals surface area contributed by atoms with Crippen LogP contribution in [-0.4, -0.2) is 32.9 Å². The molecule has 0 aliphatic heterocycles. The second kappa shape index (κ2) is 7.06. The summed E-state index contributed by atoms with van der Waals surface area (Å²) in [7, 11) is 4.58. The third-order valence-electron chi connectivity index (χ3n) is 4.55. The average molecular weight is 344 g/mol. The smallest absolute Gasteiger partial charge is 0.332 e. The van der Waals surface area contributed by atoms with Gasteiger partial charge in [0.05, 0.1) is 6.04 Å². The molecule has 2 aromatic rings. The van der Waals surface area contributed by atoms with Crippen molar-refractivity contribution in [3.63, 3.8) is 0 Å². The zero-order valence-electron chi connectivity index (χ0n) is 15.2. The van der Waals surface area contributed by atoms with Crippen molar-refractivity contribution in [1.29, 1.82) is 0 Å². The van der Waals surface area contributed by atoms with E-state index in [-0.39, 0.29) is 11.4 Å². The first-order valence-electron chi connectivity index (χ1n) is 8.00. The molecule has 0 amide bonds. The summed E-state index contributed by atoms with van der Waals surface area (Å²) in [5.74, 6) is -0.503. The highest BCUT2D eigenvalue weighted by atomic mass is 16.2. The molecule has 134 valence electrons. The molecule has 0 spiro atoms. The van der Waals surface area contributed by atoms with Gasteiger partial charge < -0.3 is 5.73 Å². The molecule has 0 radical (unpaired) electrons. The van der Waals surface area contributed by atoms with Crippen molar-refractivity contribution in [3.8, 4) is 0 Å². The van der Waals surface area contributed by atoms with E-state index in [4.69, 9.17) is 5.73 Å². The number of hydrogen-bond acceptors (Lipinski definition) is 5. The van der Waals surface area contributed by atoms with Crippen molar-refractivity contribution in [3.05, 3.63) is 61.8 Å². The van der Waals surface area contributed by atoms with Gasteiger partial charge in [0.2, 0.25) is 0 Å². The van der Waals surface area contributed by atoms with Crippen LogP contribution in [0.1, 0.15) is 28.4 Å². The lowest BCUT2D eigenvalue weighted by Crippen LogP contribution is -2.45. The number of nitrogens with zero attached hydrogens (tertiary/aromatic N) is 3. The van der Waals surface area contributed by atoms with Crippen LogP contribution in [-0.2, 0) is 20.6 Å². The van der Waals surface area contributed by atoms with E-state index in [1.54, 1.807) is 6.92 Å². The number of likely N-dealkylation sites (N-methyl/N-ethyl adjacent to an activating group) is 1. The summed E-state index contributed by atoms with van der Waals surface area (Å²) in [6.45, 7) is 4.29. The molecule has 0 aliphatic carbocycles. The monoisotopic (exact) mass is 344 g/mol. The largest absolute Gasteiger partial charge is 0.384 e. The van der Waals surface area contributed by atoms with Crippen LogP contribution in [0.2, 0.25) is 0 Å². The van der Waals surface area contributed by atoms with Gasteiger partial charge in [-0.1, -0.05) is 29.8 Å². The van der Waals surface area contributed by atoms with Gasteiger partial charge in [-0.2, -0.15) is 0 Å². The number of carbonyl (C=O) groups excluding carboxylic acids is 1. The molecule has 0 aliphatic rings. The molecule has 25 heavy (non-hydrogen) atoms. The highest BCUT2D eigenvalue weighted by Gasteiger charge is 2.27. The van der Waals surface area contributed by atoms with E-state index in [9.17, 15) is 14.4 Å². The minimum absolute atomic E-state index is 0.103. The van der Waals surface area contributed by atoms with Gasteiger partial charge in [-0.05, 0) is 26.5 Å². The zero-order valence-corrected chi connectivity index (χ0v) is 15.2. The minimum Gasteiger partial charge on any atom is -0.384 e. The van der Waals surface area contributed by atoms with Crippen LogP contribution in [0.25, 0.3) is 0 Å². The summed E-state index contributed by atoms with van der Waals surface area (Å²) < 4.78 is 2.01. The molecule has 0 bridgehead atoms. The Morgan fingerprint density at radius 3 is 2.28 bits per heavy atom. The van der Waals surface area contributed by atoms with E-state index in [2.05, 4.69) is 0 Å². The number of nitrogen functional groups attached to an aromatic ring is 1. The van der Waals surface area contributed by atoms with Crippen molar-refractivity contribution < 1.29 is 4.79 Å². The van der Waals surface area contributed by atoms with Gasteiger partial charge in [0.15, 0.2) is 5.78 Å². The lowest BCUT2D eigenvalue weighted by Gasteiger charge is -2.24. The first-order valence-corrected chi connectivity index (χ1v) is 8.00. The second-order valence-electron chi connectivity index (χ2n) is 6.41. The first kappa shape index (κ1) is 18.7. The highest BCUT2D eigenvalue weighted by Crippen LogP contribution is 2.13. The van der Waals surface area contributed by atoms with E-state index in [1.807, 2.05) is 43.1 Å². The van der Waals surface area contributed by atoms with Crippen molar-refractivity contribution in [2.75, 3.05) is 12.8 Å². The minimum atomic E-state index is -0.666. The third-order valence-corrected chi connectivity index (χ3v) is 4.55. The number of rotatable bonds is 5. The molecule has 0 fully saturated rings. The van der Waals surface area contributed by atoms with Crippen LogP contribution in [0.3, 0.4) is 0 Å². The molecule has 0 saturated carbocycles. The average Bonchev–Trinajstić information content (AvgIpc) is 2.59. The van der Waals surface area contributed by atoms with Gasteiger partial charge in [-0.3, -0.25) is 23.6 Å². The summed E-state index contributed by atoms with van der Waals surface area (Å²) in [6.07, 6.45) is 0. The SMILES string of the molecule is Cc1ccc(CN(C)[C@H](C)C(=O)c2c(N)n(C)c(=O)n(C)c2=O)cc1. The standard InChI is InChI=1S/C18H24N4O3/c1-11-6-8-13(9-7-11)10-20(3)12(2)15(23)14-16(19)21(4)18(25)22(5)17(14)24/h6-9,12H,10,19H2,1-5H3/t12-/m1/s1. The van der Waals surface area contributed by atoms with E-state index < -0.39 is 23.1 Å². The van der Waals surface area contributed by atoms with Crippen LogP contribution in [0.5, 0.6) is 0 Å². The van der Waals surface area contributed by atoms with Crippen LogP contribution in [0.4, 0.5) is 5.82 Å². The zero-order chi connectivity index (χ0) is 18.9. The third kappa shape index (κ3) is 3.56. The predicted molar refractivity (Wildman–Crippen MR) is 97.8 cm³/mol. The fourth-order valence-corrected chi connectivity index (χ4v) is 2.62. The van der Waals surface area contributed by atoms with Crippen molar-refractivity contribution in [1.82, 2.24) is 14.0 Å². The number of hydrogen-bond donors (Lipinski definition) is 1. The number of carbonyl (C=O) groups is 1. The summed E-state index contributed by atoms with van der Waals surface area (Å²) in [5.41, 5.74) is 6.73. The molecule has 0 saturated heterocycles. The molecule has 1 atom stereocenters. The van der Waals surface area contributed by atoms with Crippen LogP contribution in [0, 0.1) is 6.92 Å². The number of ketones is 1. The summed E-state index contributed by atoms with van der Waals surface area (Å²) >= 11 is 0. The molecule has 2 N–H and O–H groups in total. The maximum atomic E-state index is 12.8. The molecule has 2 rings (SSSR count). The quantitative estimate of drug-likeness (QED) is 0.806. The number of aromatic nitrogens is 2. The Hall–Kier alpha value is -2.67. The van der Waals surface area contributed by atoms with Gasteiger partial charge >= 0.3 is 5.69 Å². The van der Waals surface area contributed by atoms with Crippen molar-refractivity contribution in [2.24, 2.45) is 14.1 Å². The number of nitrogens with two attached hydrogens (primary N) is 1. The molecule has 0 unspecified atom stereocenters. The lowest BCUT2D eigenvalue weighted by atomic mass is 10.0. The number of benzene rings is 1. The van der Waals surface area contributed by atoms with Crippen LogP contribution < -0.4 is 17.0 Å². The number of aryl methyl sites for hydroxylation is 1. The molecule has 1 aromatic heterocycles. The van der Waals surface area contributed by atoms with Gasteiger partial charge in [-0.15, -0.1) is 0 Å². The lowest BCUT2D eigenvalue weighted by molar-refractivity contribution is 0.0860. The van der Waals surface area contributed by atoms with Crippen molar-refractivity contribution in [2.45, 2.75) is 26.4 Å². The Morgan fingerprint density at radius 2 is 1.72 bits per heavy atom. The fourth-order valence-electron chi connectivity index (χ4n) is 2.62. The second-order valence-corrected chi connectivity index (χ2v) is 6.41. The first-order chi connectivity index (χ1) is 11.6. The van der Waals surface area contributed by atoms with Crippen LogP contribution >= 0.6 is 0 Å². The Labute approximate surface area is 146 Å². The van der Waals surface area contributed by atoms with Gasteiger partial charge in [0.25, 0.3) is 5.56 Å². The molecular weight excluding hydrogens is 320 g/mol. The number of anilines is 1. The fraction of sp³-hybridized carbons (Fsp3) is 0.389. The molecular formula is C18H24N4O3. The normalized spacial score (nSPS) is 12.4. The predicted octanol–water partition coefficient (Wildman–Crippen LogP) is 0.678. The van der Waals surface area contributed by atoms with E-state index in [0.717, 1.165) is 20.3 Å². The molecule has 7 heteroatoms. The Kier molecular flexibility index (Phi) is 5.27. The Balaban J connectivity index is 2.32. The van der Waals surface area contributed by atoms with E-state index >= 15 is 0 Å². The molecule has 7 nitrogen and oxygen atoms in total. The maximum Gasteiger partial charge on any atom is 0.332 e. The van der Waals surface area contributed by atoms with Crippen molar-refractivity contribution >= 4 is 11.6 Å². The van der Waals surface area contributed by atoms with E-state index in [0.29, 0.717) is 6.54 Å². The summed E-state index contributed by atoms with van der Waals surface area (Å²) in [5, 5.41) is 0. The topological polar surface area (TPSA) is 90.3 Å². The Morgan fingerprint density at radius 1 is 1.16 bits per heavy atom. The van der Waals surface area contributed by atoms with Gasteiger partial charge in [-0.25, -0.2) is 4.79 Å². The summed E-state index contributed by atoms with van der Waals surface area (Å²) in [4.78, 5) is 38.9. The number of Topliss-reactive ketones (excluding diaryl/α,β-unsaturated/α-hetero) is 1. The van der Waals surface area contributed by atoms with Crippen LogP contribution in [0.15, 0.2) is 33.9 Å². The molecule has 1 heterocycles. The van der Waals surface area contributed by atoms with Gasteiger partial charge in [0.1, 0.15) is 11.4 Å². The molecule has 1 aromatic carbocycles. The summed E-state index contributed by atoms with van der Waals surface area (Å²) in [6, 6.07) is 7.46. The maximum absolute atomic E-state index is 12.8.